The predicted octanol–water partition coefficient (Wildman–Crippen LogP) is 6.94. The summed E-state index contributed by atoms with van der Waals surface area (Å²) in [6, 6.07) is 55.5. The zero-order valence-corrected chi connectivity index (χ0v) is 23.8. The van der Waals surface area contributed by atoms with Gasteiger partial charge in [-0.05, 0) is 62.2 Å². The molecule has 0 atom stereocenters. The van der Waals surface area contributed by atoms with Crippen LogP contribution >= 0.6 is 0 Å². The van der Waals surface area contributed by atoms with Crippen molar-refractivity contribution in [1.29, 1.82) is 5.26 Å². The van der Waals surface area contributed by atoms with Gasteiger partial charge in [-0.25, -0.2) is 4.85 Å². The largest absolute Gasteiger partial charge is 0.311 e. The van der Waals surface area contributed by atoms with E-state index in [-0.39, 0.29) is 0 Å². The van der Waals surface area contributed by atoms with Crippen LogP contribution in [-0.2, 0) is 0 Å². The van der Waals surface area contributed by atoms with Crippen LogP contribution in [0.5, 0.6) is 0 Å². The van der Waals surface area contributed by atoms with Crippen LogP contribution in [0.25, 0.3) is 16.0 Å². The van der Waals surface area contributed by atoms with E-state index >= 15 is 0 Å². The first kappa shape index (κ1) is 25.3. The minimum absolute atomic E-state index is 0.523. The van der Waals surface area contributed by atoms with E-state index in [1.165, 1.54) is 32.1 Å². The Labute approximate surface area is 247 Å². The van der Waals surface area contributed by atoms with Crippen molar-refractivity contribution >= 4 is 51.6 Å². The molecule has 0 saturated carbocycles. The van der Waals surface area contributed by atoms with Crippen molar-refractivity contribution in [2.75, 3.05) is 4.90 Å². The maximum atomic E-state index is 9.73. The second kappa shape index (κ2) is 10.4. The summed E-state index contributed by atoms with van der Waals surface area (Å²) in [6.45, 7) is 7.43. The summed E-state index contributed by atoms with van der Waals surface area (Å²) in [5.41, 5.74) is 6.17. The first-order chi connectivity index (χ1) is 20.8. The third kappa shape index (κ3) is 3.86. The van der Waals surface area contributed by atoms with Crippen LogP contribution in [0.4, 0.5) is 22.7 Å². The van der Waals surface area contributed by atoms with E-state index in [1.807, 2.05) is 0 Å². The van der Waals surface area contributed by atoms with E-state index in [9.17, 15) is 5.26 Å². The summed E-state index contributed by atoms with van der Waals surface area (Å²) in [7, 11) is -2.64. The average molecular weight is 552 g/mol. The van der Waals surface area contributed by atoms with Crippen LogP contribution in [-0.4, -0.2) is 8.07 Å². The Morgan fingerprint density at radius 1 is 0.595 bits per heavy atom. The normalized spacial score (nSPS) is 12.9. The molecule has 0 saturated heterocycles. The quantitative estimate of drug-likeness (QED) is 0.175. The molecule has 3 nitrogen and oxygen atoms in total. The van der Waals surface area contributed by atoms with Crippen molar-refractivity contribution in [2.45, 2.75) is 0 Å². The summed E-state index contributed by atoms with van der Waals surface area (Å²) in [5, 5.41) is 15.1. The van der Waals surface area contributed by atoms with Crippen molar-refractivity contribution in [3.63, 3.8) is 0 Å². The molecule has 0 amide bonds. The van der Waals surface area contributed by atoms with Gasteiger partial charge in [0.25, 0.3) is 0 Å². The molecule has 196 valence electrons. The average Bonchev–Trinajstić information content (AvgIpc) is 3.08. The van der Waals surface area contributed by atoms with Crippen LogP contribution in [0.1, 0.15) is 5.56 Å². The Bertz CT molecular complexity index is 1910. The van der Waals surface area contributed by atoms with Gasteiger partial charge in [0.1, 0.15) is 0 Å². The number of benzene rings is 6. The maximum Gasteiger partial charge on any atom is 0.187 e. The van der Waals surface area contributed by atoms with E-state index in [0.717, 1.165) is 16.8 Å². The number of nitrogens with zero attached hydrogens (tertiary/aromatic N) is 3. The smallest absolute Gasteiger partial charge is 0.187 e. The van der Waals surface area contributed by atoms with Crippen molar-refractivity contribution in [1.82, 2.24) is 0 Å². The number of hydrogen-bond acceptors (Lipinski definition) is 2. The Hall–Kier alpha value is -5.68. The van der Waals surface area contributed by atoms with Crippen LogP contribution in [0.3, 0.4) is 0 Å². The molecule has 0 N–H and O–H groups in total. The third-order valence-electron chi connectivity index (χ3n) is 8.20. The van der Waals surface area contributed by atoms with Gasteiger partial charge in [0.2, 0.25) is 0 Å². The van der Waals surface area contributed by atoms with Gasteiger partial charge >= 0.3 is 0 Å². The van der Waals surface area contributed by atoms with E-state index in [2.05, 4.69) is 149 Å². The third-order valence-corrected chi connectivity index (χ3v) is 13.1. The molecule has 0 unspecified atom stereocenters. The first-order valence-corrected chi connectivity index (χ1v) is 15.9. The molecule has 0 spiro atoms. The van der Waals surface area contributed by atoms with Gasteiger partial charge < -0.3 is 4.90 Å². The van der Waals surface area contributed by atoms with Gasteiger partial charge in [-0.2, -0.15) is 5.26 Å². The highest BCUT2D eigenvalue weighted by molar-refractivity contribution is 7.21. The number of para-hydroxylation sites is 2. The molecule has 1 aliphatic heterocycles. The Kier molecular flexibility index (Phi) is 6.25. The lowest BCUT2D eigenvalue weighted by molar-refractivity contribution is 1.29. The van der Waals surface area contributed by atoms with E-state index < -0.39 is 8.07 Å². The standard InChI is InChI=1S/C38H25N3Si/c1-40-30-23-20-29(27-39)34(26-30)28-21-24-31(25-22-28)41-35-16-8-10-18-37(35)42(32-12-4-2-5-13-32,33-14-6-3-7-15-33)38-19-11-9-17-36(38)41/h2-26H. The number of rotatable bonds is 4. The lowest BCUT2D eigenvalue weighted by Gasteiger charge is -2.45. The maximum absolute atomic E-state index is 9.73. The fourth-order valence-electron chi connectivity index (χ4n) is 6.42. The van der Waals surface area contributed by atoms with Crippen LogP contribution in [0, 0.1) is 17.9 Å². The van der Waals surface area contributed by atoms with Gasteiger partial charge in [0, 0.05) is 17.1 Å². The Morgan fingerprint density at radius 2 is 1.12 bits per heavy atom. The summed E-state index contributed by atoms with van der Waals surface area (Å²) in [5.74, 6) is 0. The molecular formula is C38H25N3Si. The monoisotopic (exact) mass is 551 g/mol. The number of hydrogen-bond donors (Lipinski definition) is 0. The summed E-state index contributed by atoms with van der Waals surface area (Å²) >= 11 is 0. The minimum Gasteiger partial charge on any atom is -0.311 e. The highest BCUT2D eigenvalue weighted by Gasteiger charge is 2.48. The second-order valence-electron chi connectivity index (χ2n) is 10.4. The molecule has 6 aromatic carbocycles. The molecule has 0 aliphatic carbocycles. The molecular weight excluding hydrogens is 527 g/mol. The Morgan fingerprint density at radius 3 is 1.64 bits per heavy atom. The predicted molar refractivity (Wildman–Crippen MR) is 175 cm³/mol. The van der Waals surface area contributed by atoms with Gasteiger partial charge in [-0.3, -0.25) is 0 Å². The SMILES string of the molecule is [C-]#[N+]c1ccc(C#N)c(-c2ccc(N3c4ccccc4[Si](c4ccccc4)(c4ccccc4)c4ccccc43)cc2)c1. The fraction of sp³-hybridized carbons (Fsp3) is 0. The van der Waals surface area contributed by atoms with Gasteiger partial charge in [-0.15, -0.1) is 0 Å². The molecule has 4 heteroatoms. The number of nitriles is 1. The molecule has 0 fully saturated rings. The van der Waals surface area contributed by atoms with Crippen molar-refractivity contribution in [2.24, 2.45) is 0 Å². The zero-order valence-electron chi connectivity index (χ0n) is 22.8. The van der Waals surface area contributed by atoms with E-state index in [0.29, 0.717) is 11.3 Å². The summed E-state index contributed by atoms with van der Waals surface area (Å²) in [4.78, 5) is 5.94. The molecule has 1 heterocycles. The van der Waals surface area contributed by atoms with E-state index in [1.54, 1.807) is 18.2 Å². The van der Waals surface area contributed by atoms with Gasteiger partial charge in [0.05, 0.1) is 18.2 Å². The van der Waals surface area contributed by atoms with Crippen molar-refractivity contribution < 1.29 is 0 Å². The topological polar surface area (TPSA) is 31.4 Å². The van der Waals surface area contributed by atoms with E-state index in [4.69, 9.17) is 6.57 Å². The first-order valence-electron chi connectivity index (χ1n) is 13.9. The van der Waals surface area contributed by atoms with Crippen LogP contribution < -0.4 is 25.6 Å². The van der Waals surface area contributed by atoms with Gasteiger partial charge in [0.15, 0.2) is 13.8 Å². The highest BCUT2D eigenvalue weighted by Crippen LogP contribution is 2.39. The summed E-state index contributed by atoms with van der Waals surface area (Å²) in [6.07, 6.45) is 0. The number of fused-ring (bicyclic) bond motifs is 2. The number of anilines is 3. The lowest BCUT2D eigenvalue weighted by Crippen LogP contribution is -2.77. The molecule has 0 radical (unpaired) electrons. The van der Waals surface area contributed by atoms with Gasteiger partial charge in [-0.1, -0.05) is 121 Å². The molecule has 6 aromatic rings. The lowest BCUT2D eigenvalue weighted by atomic mass is 9.99. The Balaban J connectivity index is 1.46. The van der Waals surface area contributed by atoms with Crippen LogP contribution in [0.2, 0.25) is 0 Å². The second-order valence-corrected chi connectivity index (χ2v) is 14.1. The minimum atomic E-state index is -2.64. The molecule has 1 aliphatic rings. The van der Waals surface area contributed by atoms with Crippen LogP contribution in [0.15, 0.2) is 152 Å². The molecule has 42 heavy (non-hydrogen) atoms. The highest BCUT2D eigenvalue weighted by atomic mass is 28.3. The molecule has 0 bridgehead atoms. The van der Waals surface area contributed by atoms with Crippen molar-refractivity contribution in [3.05, 3.63) is 169 Å². The summed E-state index contributed by atoms with van der Waals surface area (Å²) < 4.78 is 0. The van der Waals surface area contributed by atoms with Crippen molar-refractivity contribution in [3.8, 4) is 17.2 Å². The fourth-order valence-corrected chi connectivity index (χ4v) is 11.5. The molecule has 7 rings (SSSR count). The molecule has 0 aromatic heterocycles. The zero-order chi connectivity index (χ0) is 28.5.